The van der Waals surface area contributed by atoms with Gasteiger partial charge in [-0.25, -0.2) is 4.79 Å². The fraction of sp³-hybridized carbons (Fsp3) is 0.286. The number of carbonyl (C=O) groups excluding carboxylic acids is 2. The van der Waals surface area contributed by atoms with E-state index in [0.29, 0.717) is 28.3 Å². The third-order valence-corrected chi connectivity index (χ3v) is 5.32. The van der Waals surface area contributed by atoms with E-state index in [2.05, 4.69) is 11.6 Å². The van der Waals surface area contributed by atoms with Crippen LogP contribution in [0.3, 0.4) is 0 Å². The molecule has 1 atom stereocenters. The first-order valence-corrected chi connectivity index (χ1v) is 9.15. The normalized spacial score (nSPS) is 19.7. The van der Waals surface area contributed by atoms with E-state index in [-0.39, 0.29) is 37.3 Å². The second-order valence-electron chi connectivity index (χ2n) is 6.82. The van der Waals surface area contributed by atoms with E-state index in [4.69, 9.17) is 19.6 Å². The van der Waals surface area contributed by atoms with E-state index in [1.807, 2.05) is 18.2 Å². The molecule has 29 heavy (non-hydrogen) atoms. The number of fused-ring (bicyclic) bond motifs is 5. The second-order valence-corrected chi connectivity index (χ2v) is 6.82. The first kappa shape index (κ1) is 18.9. The van der Waals surface area contributed by atoms with Crippen molar-refractivity contribution in [3.05, 3.63) is 59.4 Å². The number of nitrogens with two attached hydrogens (primary N) is 1. The van der Waals surface area contributed by atoms with Crippen LogP contribution in [0.25, 0.3) is 11.3 Å². The molecule has 2 aliphatic rings. The van der Waals surface area contributed by atoms with E-state index in [0.717, 1.165) is 0 Å². The van der Waals surface area contributed by atoms with Gasteiger partial charge in [-0.3, -0.25) is 4.79 Å². The molecule has 2 heterocycles. The number of ether oxygens (including phenoxy) is 2. The molecule has 0 saturated heterocycles. The average molecular weight is 395 g/mol. The summed E-state index contributed by atoms with van der Waals surface area (Å²) in [5.41, 5.74) is 6.66. The Morgan fingerprint density at radius 1 is 1.38 bits per heavy atom. The highest BCUT2D eigenvalue weighted by atomic mass is 16.6. The van der Waals surface area contributed by atoms with Crippen LogP contribution in [0.5, 0.6) is 0 Å². The number of nitrogens with zero attached hydrogens (tertiary/aromatic N) is 2. The SMILES string of the molecule is C=CCN1C(=O)[C@]2(C(C(=O)OCCOC)=C1C)c1ccccc1-c1oc(N)nc12. The number of benzene rings is 1. The zero-order valence-corrected chi connectivity index (χ0v) is 16.2. The number of hydrogen-bond acceptors (Lipinski definition) is 7. The molecule has 1 aliphatic heterocycles. The predicted molar refractivity (Wildman–Crippen MR) is 105 cm³/mol. The van der Waals surface area contributed by atoms with Crippen molar-refractivity contribution in [2.45, 2.75) is 12.3 Å². The molecule has 4 rings (SSSR count). The number of oxazole rings is 1. The zero-order chi connectivity index (χ0) is 20.8. The Morgan fingerprint density at radius 3 is 2.86 bits per heavy atom. The molecule has 0 saturated carbocycles. The van der Waals surface area contributed by atoms with Crippen molar-refractivity contribution in [1.82, 2.24) is 9.88 Å². The van der Waals surface area contributed by atoms with Gasteiger partial charge in [0.2, 0.25) is 5.91 Å². The lowest BCUT2D eigenvalue weighted by molar-refractivity contribution is -0.142. The van der Waals surface area contributed by atoms with Gasteiger partial charge in [-0.2, -0.15) is 4.98 Å². The van der Waals surface area contributed by atoms with Crippen molar-refractivity contribution in [3.8, 4) is 11.3 Å². The maximum absolute atomic E-state index is 13.8. The van der Waals surface area contributed by atoms with Crippen LogP contribution in [-0.2, 0) is 24.5 Å². The standard InChI is InChI=1S/C21H21N3O5/c1-4-9-24-12(2)15(18(25)28-11-10-27-3)21(19(24)26)14-8-6-5-7-13(14)16-17(21)23-20(22)29-16/h4-8H,1,9-11H2,2-3H3,(H2,22,23)/t21-/m0/s1. The molecule has 1 spiro atoms. The molecule has 8 nitrogen and oxygen atoms in total. The van der Waals surface area contributed by atoms with Gasteiger partial charge >= 0.3 is 5.97 Å². The Hall–Kier alpha value is -3.39. The summed E-state index contributed by atoms with van der Waals surface area (Å²) in [6.45, 7) is 5.99. The summed E-state index contributed by atoms with van der Waals surface area (Å²) >= 11 is 0. The molecule has 2 N–H and O–H groups in total. The number of rotatable bonds is 6. The van der Waals surface area contributed by atoms with Gasteiger partial charge in [-0.1, -0.05) is 30.3 Å². The number of hydrogen-bond donors (Lipinski definition) is 1. The highest BCUT2D eigenvalue weighted by Gasteiger charge is 2.63. The molecule has 0 bridgehead atoms. The van der Waals surface area contributed by atoms with Crippen LogP contribution in [0.1, 0.15) is 18.2 Å². The molecule has 1 aromatic carbocycles. The monoisotopic (exact) mass is 395 g/mol. The first-order valence-electron chi connectivity index (χ1n) is 9.15. The number of aromatic nitrogens is 1. The number of anilines is 1. The van der Waals surface area contributed by atoms with E-state index >= 15 is 0 Å². The Labute approximate surface area is 167 Å². The third-order valence-electron chi connectivity index (χ3n) is 5.32. The van der Waals surface area contributed by atoms with Gasteiger partial charge < -0.3 is 24.5 Å². The lowest BCUT2D eigenvalue weighted by Crippen LogP contribution is -2.42. The highest BCUT2D eigenvalue weighted by Crippen LogP contribution is 2.57. The number of amides is 1. The largest absolute Gasteiger partial charge is 0.460 e. The topological polar surface area (TPSA) is 108 Å². The van der Waals surface area contributed by atoms with Gasteiger partial charge in [-0.05, 0) is 12.5 Å². The molecule has 0 radical (unpaired) electrons. The maximum atomic E-state index is 13.8. The second kappa shape index (κ2) is 6.89. The summed E-state index contributed by atoms with van der Waals surface area (Å²) in [7, 11) is 1.52. The fourth-order valence-electron chi connectivity index (χ4n) is 4.19. The summed E-state index contributed by atoms with van der Waals surface area (Å²) in [6, 6.07) is 7.19. The van der Waals surface area contributed by atoms with Crippen molar-refractivity contribution in [1.29, 1.82) is 0 Å². The Kier molecular flexibility index (Phi) is 4.50. The van der Waals surface area contributed by atoms with Crippen LogP contribution < -0.4 is 5.73 Å². The molecule has 150 valence electrons. The Balaban J connectivity index is 1.98. The maximum Gasteiger partial charge on any atom is 0.337 e. The Bertz CT molecular complexity index is 1050. The number of methoxy groups -OCH3 is 1. The molecular weight excluding hydrogens is 374 g/mol. The minimum atomic E-state index is -1.47. The lowest BCUT2D eigenvalue weighted by atomic mass is 9.74. The van der Waals surface area contributed by atoms with Crippen molar-refractivity contribution < 1.29 is 23.5 Å². The van der Waals surface area contributed by atoms with Gasteiger partial charge in [-0.15, -0.1) is 6.58 Å². The van der Waals surface area contributed by atoms with Crippen LogP contribution in [0.2, 0.25) is 0 Å². The number of nitrogen functional groups attached to an aromatic ring is 1. The van der Waals surface area contributed by atoms with E-state index in [9.17, 15) is 9.59 Å². The van der Waals surface area contributed by atoms with Gasteiger partial charge in [0, 0.05) is 24.9 Å². The van der Waals surface area contributed by atoms with Crippen molar-refractivity contribution in [2.24, 2.45) is 0 Å². The average Bonchev–Trinajstić information content (AvgIpc) is 3.28. The van der Waals surface area contributed by atoms with Gasteiger partial charge in [0.1, 0.15) is 12.3 Å². The minimum Gasteiger partial charge on any atom is -0.460 e. The molecular formula is C21H21N3O5. The van der Waals surface area contributed by atoms with Crippen LogP contribution in [-0.4, -0.2) is 48.6 Å². The van der Waals surface area contributed by atoms with Gasteiger partial charge in [0.25, 0.3) is 6.01 Å². The molecule has 0 fully saturated rings. The van der Waals surface area contributed by atoms with Crippen molar-refractivity contribution in [3.63, 3.8) is 0 Å². The minimum absolute atomic E-state index is 0.0628. The van der Waals surface area contributed by atoms with Crippen LogP contribution in [0.4, 0.5) is 6.01 Å². The number of allylic oxidation sites excluding steroid dienone is 1. The zero-order valence-electron chi connectivity index (χ0n) is 16.2. The number of esters is 1. The molecule has 1 amide bonds. The summed E-state index contributed by atoms with van der Waals surface area (Å²) in [4.78, 5) is 32.8. The third kappa shape index (κ3) is 2.45. The molecule has 2 aromatic rings. The summed E-state index contributed by atoms with van der Waals surface area (Å²) < 4.78 is 16.0. The van der Waals surface area contributed by atoms with Gasteiger partial charge in [0.05, 0.1) is 12.2 Å². The highest BCUT2D eigenvalue weighted by molar-refractivity contribution is 6.14. The van der Waals surface area contributed by atoms with E-state index in [1.165, 1.54) is 12.0 Å². The van der Waals surface area contributed by atoms with Crippen molar-refractivity contribution in [2.75, 3.05) is 32.6 Å². The number of carbonyl (C=O) groups is 2. The summed E-state index contributed by atoms with van der Waals surface area (Å²) in [5.74, 6) is -0.529. The predicted octanol–water partition coefficient (Wildman–Crippen LogP) is 2.02. The van der Waals surface area contributed by atoms with Gasteiger partial charge in [0.15, 0.2) is 11.2 Å². The smallest absolute Gasteiger partial charge is 0.337 e. The van der Waals surface area contributed by atoms with Crippen LogP contribution in [0, 0.1) is 0 Å². The molecule has 0 unspecified atom stereocenters. The van der Waals surface area contributed by atoms with Crippen LogP contribution >= 0.6 is 0 Å². The molecule has 8 heteroatoms. The summed E-state index contributed by atoms with van der Waals surface area (Å²) in [5, 5.41) is 0. The Morgan fingerprint density at radius 2 is 2.14 bits per heavy atom. The van der Waals surface area contributed by atoms with Crippen LogP contribution in [0.15, 0.2) is 52.6 Å². The lowest BCUT2D eigenvalue weighted by Gasteiger charge is -2.26. The summed E-state index contributed by atoms with van der Waals surface area (Å²) in [6.07, 6.45) is 1.60. The van der Waals surface area contributed by atoms with E-state index < -0.39 is 11.4 Å². The van der Waals surface area contributed by atoms with Crippen molar-refractivity contribution >= 4 is 17.9 Å². The first-order chi connectivity index (χ1) is 14.0. The molecule has 1 aliphatic carbocycles. The quantitative estimate of drug-likeness (QED) is 0.453. The van der Waals surface area contributed by atoms with E-state index in [1.54, 1.807) is 19.1 Å². The fourth-order valence-corrected chi connectivity index (χ4v) is 4.19. The molecule has 1 aromatic heterocycles.